The van der Waals surface area contributed by atoms with Gasteiger partial charge in [-0.05, 0) is 32.4 Å². The number of aliphatic hydroxyl groups is 1. The third-order valence-electron chi connectivity index (χ3n) is 3.38. The predicted molar refractivity (Wildman–Crippen MR) is 82.9 cm³/mol. The molecule has 2 N–H and O–H groups in total. The van der Waals surface area contributed by atoms with Crippen molar-refractivity contribution in [2.75, 3.05) is 11.9 Å². The van der Waals surface area contributed by atoms with Crippen molar-refractivity contribution in [3.05, 3.63) is 29.8 Å². The van der Waals surface area contributed by atoms with Crippen LogP contribution >= 0.6 is 0 Å². The van der Waals surface area contributed by atoms with Gasteiger partial charge in [-0.3, -0.25) is 14.5 Å². The van der Waals surface area contributed by atoms with Gasteiger partial charge in [-0.2, -0.15) is 0 Å². The van der Waals surface area contributed by atoms with Gasteiger partial charge in [0.25, 0.3) is 5.91 Å². The molecule has 0 heterocycles. The van der Waals surface area contributed by atoms with Gasteiger partial charge in [-0.15, -0.1) is 0 Å². The number of hydrogen-bond acceptors (Lipinski definition) is 3. The SMILES string of the molecule is CCCCC(=O)N(c1ccc(C)cc1)[C@](C)(O)C(=O)NC. The van der Waals surface area contributed by atoms with Crippen LogP contribution < -0.4 is 10.2 Å². The maximum atomic E-state index is 12.4. The molecule has 1 rings (SSSR count). The number of aryl methyl sites for hydroxylation is 1. The molecule has 2 amide bonds. The summed E-state index contributed by atoms with van der Waals surface area (Å²) in [6.45, 7) is 5.25. The fourth-order valence-electron chi connectivity index (χ4n) is 2.11. The first-order chi connectivity index (χ1) is 9.84. The minimum Gasteiger partial charge on any atom is -0.363 e. The number of benzene rings is 1. The predicted octanol–water partition coefficient (Wildman–Crippen LogP) is 1.97. The van der Waals surface area contributed by atoms with Gasteiger partial charge >= 0.3 is 0 Å². The van der Waals surface area contributed by atoms with Gasteiger partial charge in [0.2, 0.25) is 11.6 Å². The second-order valence-corrected chi connectivity index (χ2v) is 5.27. The van der Waals surface area contributed by atoms with Crippen LogP contribution in [0.1, 0.15) is 38.7 Å². The van der Waals surface area contributed by atoms with E-state index in [1.54, 1.807) is 12.1 Å². The highest BCUT2D eigenvalue weighted by Gasteiger charge is 2.40. The van der Waals surface area contributed by atoms with Crippen molar-refractivity contribution in [1.29, 1.82) is 0 Å². The number of rotatable bonds is 6. The van der Waals surface area contributed by atoms with E-state index in [-0.39, 0.29) is 12.3 Å². The number of unbranched alkanes of at least 4 members (excludes halogenated alkanes) is 1. The van der Waals surface area contributed by atoms with E-state index >= 15 is 0 Å². The Morgan fingerprint density at radius 2 is 1.86 bits per heavy atom. The van der Waals surface area contributed by atoms with Crippen LogP contribution in [0.4, 0.5) is 5.69 Å². The fraction of sp³-hybridized carbons (Fsp3) is 0.500. The smallest absolute Gasteiger partial charge is 0.273 e. The molecule has 21 heavy (non-hydrogen) atoms. The van der Waals surface area contributed by atoms with E-state index in [2.05, 4.69) is 5.32 Å². The Morgan fingerprint density at radius 1 is 1.29 bits per heavy atom. The van der Waals surface area contributed by atoms with Gasteiger partial charge in [0.05, 0.1) is 0 Å². The first-order valence-electron chi connectivity index (χ1n) is 7.18. The molecule has 0 aromatic heterocycles. The summed E-state index contributed by atoms with van der Waals surface area (Å²) in [5.41, 5.74) is -0.371. The van der Waals surface area contributed by atoms with Crippen LogP contribution in [0.5, 0.6) is 0 Å². The van der Waals surface area contributed by atoms with Crippen LogP contribution in [0.2, 0.25) is 0 Å². The molecule has 1 aromatic carbocycles. The summed E-state index contributed by atoms with van der Waals surface area (Å²) < 4.78 is 0. The van der Waals surface area contributed by atoms with Gasteiger partial charge in [0.1, 0.15) is 0 Å². The quantitative estimate of drug-likeness (QED) is 0.788. The molecule has 0 bridgehead atoms. The standard InChI is InChI=1S/C16H24N2O3/c1-5-6-7-14(19)18(16(3,21)15(20)17-4)13-10-8-12(2)9-11-13/h8-11,21H,5-7H2,1-4H3,(H,17,20)/t16-/m1/s1. The molecule has 1 atom stereocenters. The Bertz CT molecular complexity index is 495. The van der Waals surface area contributed by atoms with Crippen LogP contribution in [0, 0.1) is 6.92 Å². The lowest BCUT2D eigenvalue weighted by molar-refractivity contribution is -0.142. The topological polar surface area (TPSA) is 69.6 Å². The van der Waals surface area contributed by atoms with Gasteiger partial charge in [-0.1, -0.05) is 31.0 Å². The van der Waals surface area contributed by atoms with E-state index in [0.717, 1.165) is 12.0 Å². The van der Waals surface area contributed by atoms with Gasteiger partial charge in [0, 0.05) is 19.2 Å². The zero-order valence-corrected chi connectivity index (χ0v) is 13.1. The molecule has 0 saturated heterocycles. The first-order valence-corrected chi connectivity index (χ1v) is 7.18. The molecule has 0 aliphatic carbocycles. The lowest BCUT2D eigenvalue weighted by Crippen LogP contribution is -2.59. The van der Waals surface area contributed by atoms with Crippen LogP contribution in [-0.2, 0) is 9.59 Å². The third kappa shape index (κ3) is 4.04. The van der Waals surface area contributed by atoms with E-state index in [4.69, 9.17) is 0 Å². The largest absolute Gasteiger partial charge is 0.363 e. The number of amides is 2. The monoisotopic (exact) mass is 292 g/mol. The maximum absolute atomic E-state index is 12.4. The molecule has 0 aliphatic rings. The van der Waals surface area contributed by atoms with Crippen molar-refractivity contribution in [2.45, 2.75) is 45.8 Å². The minimum absolute atomic E-state index is 0.269. The molecule has 116 valence electrons. The Morgan fingerprint density at radius 3 is 2.33 bits per heavy atom. The molecule has 0 spiro atoms. The number of carbonyl (C=O) groups excluding carboxylic acids is 2. The summed E-state index contributed by atoms with van der Waals surface area (Å²) in [6.07, 6.45) is 1.87. The van der Waals surface area contributed by atoms with Crippen LogP contribution in [-0.4, -0.2) is 29.7 Å². The van der Waals surface area contributed by atoms with E-state index in [1.807, 2.05) is 26.0 Å². The van der Waals surface area contributed by atoms with Gasteiger partial charge in [0.15, 0.2) is 0 Å². The molecular weight excluding hydrogens is 268 g/mol. The number of likely N-dealkylation sites (N-methyl/N-ethyl adjacent to an activating group) is 1. The molecule has 0 fully saturated rings. The van der Waals surface area contributed by atoms with E-state index in [9.17, 15) is 14.7 Å². The Balaban J connectivity index is 3.19. The maximum Gasteiger partial charge on any atom is 0.273 e. The van der Waals surface area contributed by atoms with Gasteiger partial charge < -0.3 is 10.4 Å². The zero-order valence-electron chi connectivity index (χ0n) is 13.1. The van der Waals surface area contributed by atoms with Crippen LogP contribution in [0.15, 0.2) is 24.3 Å². The number of nitrogens with one attached hydrogen (secondary N) is 1. The Labute approximate surface area is 126 Å². The Hall–Kier alpha value is -1.88. The fourth-order valence-corrected chi connectivity index (χ4v) is 2.11. The normalized spacial score (nSPS) is 13.4. The highest BCUT2D eigenvalue weighted by atomic mass is 16.3. The molecule has 5 heteroatoms. The third-order valence-corrected chi connectivity index (χ3v) is 3.38. The van der Waals surface area contributed by atoms with Crippen molar-refractivity contribution in [2.24, 2.45) is 0 Å². The second kappa shape index (κ2) is 7.22. The van der Waals surface area contributed by atoms with Crippen LogP contribution in [0.3, 0.4) is 0 Å². The molecule has 0 aliphatic heterocycles. The van der Waals surface area contributed by atoms with Crippen molar-refractivity contribution >= 4 is 17.5 Å². The van der Waals surface area contributed by atoms with E-state index in [1.165, 1.54) is 18.9 Å². The lowest BCUT2D eigenvalue weighted by atomic mass is 10.1. The summed E-state index contributed by atoms with van der Waals surface area (Å²) in [5.74, 6) is -0.887. The first kappa shape index (κ1) is 17.2. The van der Waals surface area contributed by atoms with Gasteiger partial charge in [-0.25, -0.2) is 0 Å². The number of nitrogens with zero attached hydrogens (tertiary/aromatic N) is 1. The summed E-state index contributed by atoms with van der Waals surface area (Å²) in [6, 6.07) is 7.15. The summed E-state index contributed by atoms with van der Waals surface area (Å²) in [7, 11) is 1.43. The molecule has 0 radical (unpaired) electrons. The average molecular weight is 292 g/mol. The number of carbonyl (C=O) groups is 2. The van der Waals surface area contributed by atoms with Crippen molar-refractivity contribution in [1.82, 2.24) is 5.32 Å². The van der Waals surface area contributed by atoms with Crippen LogP contribution in [0.25, 0.3) is 0 Å². The highest BCUT2D eigenvalue weighted by molar-refractivity contribution is 6.02. The average Bonchev–Trinajstić information content (AvgIpc) is 2.46. The molecule has 0 unspecified atom stereocenters. The zero-order chi connectivity index (χ0) is 16.0. The van der Waals surface area contributed by atoms with Crippen molar-refractivity contribution in [3.63, 3.8) is 0 Å². The number of hydrogen-bond donors (Lipinski definition) is 2. The lowest BCUT2D eigenvalue weighted by Gasteiger charge is -2.35. The van der Waals surface area contributed by atoms with E-state index in [0.29, 0.717) is 12.1 Å². The molecule has 0 saturated carbocycles. The summed E-state index contributed by atoms with van der Waals surface area (Å²) in [4.78, 5) is 25.5. The van der Waals surface area contributed by atoms with Crippen molar-refractivity contribution < 1.29 is 14.7 Å². The highest BCUT2D eigenvalue weighted by Crippen LogP contribution is 2.25. The molecule has 1 aromatic rings. The minimum atomic E-state index is -1.92. The number of anilines is 1. The van der Waals surface area contributed by atoms with Crippen molar-refractivity contribution in [3.8, 4) is 0 Å². The summed E-state index contributed by atoms with van der Waals surface area (Å²) >= 11 is 0. The molecule has 5 nitrogen and oxygen atoms in total. The molecular formula is C16H24N2O3. The summed E-state index contributed by atoms with van der Waals surface area (Å²) in [5, 5.41) is 12.9. The second-order valence-electron chi connectivity index (χ2n) is 5.27. The Kier molecular flexibility index (Phi) is 5.90. The van der Waals surface area contributed by atoms with E-state index < -0.39 is 11.6 Å².